The van der Waals surface area contributed by atoms with Gasteiger partial charge in [0.05, 0.1) is 11.8 Å². The van der Waals surface area contributed by atoms with Crippen LogP contribution in [0.15, 0.2) is 24.3 Å². The Balaban J connectivity index is 2.05. The summed E-state index contributed by atoms with van der Waals surface area (Å²) in [6, 6.07) is 6.92. The highest BCUT2D eigenvalue weighted by Gasteiger charge is 2.19. The summed E-state index contributed by atoms with van der Waals surface area (Å²) in [5.41, 5.74) is 1.77. The van der Waals surface area contributed by atoms with Crippen molar-refractivity contribution in [2.75, 3.05) is 7.05 Å². The zero-order valence-corrected chi connectivity index (χ0v) is 12.7. The van der Waals surface area contributed by atoms with Crippen LogP contribution in [-0.4, -0.2) is 36.1 Å². The van der Waals surface area contributed by atoms with Crippen LogP contribution < -0.4 is 10.0 Å². The van der Waals surface area contributed by atoms with Crippen molar-refractivity contribution in [3.63, 3.8) is 0 Å². The van der Waals surface area contributed by atoms with E-state index in [9.17, 15) is 8.42 Å². The Hall–Kier alpha value is -1.84. The zero-order valence-electron chi connectivity index (χ0n) is 11.9. The molecular weight excluding hydrogens is 292 g/mol. The number of aromatic amines is 1. The smallest absolute Gasteiger partial charge is 0.216 e. The van der Waals surface area contributed by atoms with Gasteiger partial charge in [-0.25, -0.2) is 13.1 Å². The molecule has 0 saturated carbocycles. The molecule has 9 heteroatoms. The second-order valence-electron chi connectivity index (χ2n) is 4.72. The van der Waals surface area contributed by atoms with Gasteiger partial charge in [-0.3, -0.25) is 0 Å². The second-order valence-corrected chi connectivity index (χ2v) is 6.47. The first-order valence-corrected chi connectivity index (χ1v) is 8.11. The molecule has 1 unspecified atom stereocenters. The average Bonchev–Trinajstić information content (AvgIpc) is 2.92. The van der Waals surface area contributed by atoms with Gasteiger partial charge in [-0.15, -0.1) is 10.2 Å². The fourth-order valence-corrected chi connectivity index (χ4v) is 3.32. The lowest BCUT2D eigenvalue weighted by Gasteiger charge is -2.11. The van der Waals surface area contributed by atoms with Crippen molar-refractivity contribution < 1.29 is 8.42 Å². The molecule has 1 aromatic carbocycles. The topological polar surface area (TPSA) is 113 Å². The first-order chi connectivity index (χ1) is 10.00. The van der Waals surface area contributed by atoms with Gasteiger partial charge in [0, 0.05) is 6.54 Å². The summed E-state index contributed by atoms with van der Waals surface area (Å²) in [7, 11) is -1.64. The molecule has 1 atom stereocenters. The van der Waals surface area contributed by atoms with Crippen LogP contribution in [0.3, 0.4) is 0 Å². The third kappa shape index (κ3) is 4.59. The Bertz CT molecular complexity index is 671. The first-order valence-electron chi connectivity index (χ1n) is 6.46. The van der Waals surface area contributed by atoms with Crippen molar-refractivity contribution in [2.45, 2.75) is 25.3 Å². The maximum Gasteiger partial charge on any atom is 0.216 e. The van der Waals surface area contributed by atoms with Gasteiger partial charge in [0.2, 0.25) is 10.0 Å². The standard InChI is InChI=1S/C12H18N6O2S/c1-9(12-14-17-18-15-12)16-21(19,20)8-11-5-3-4-10(6-11)7-13-2/h3-6,9,13,16H,7-8H2,1-2H3,(H,14,15,17,18). The molecule has 0 fully saturated rings. The Labute approximate surface area is 123 Å². The monoisotopic (exact) mass is 310 g/mol. The van der Waals surface area contributed by atoms with E-state index in [4.69, 9.17) is 0 Å². The van der Waals surface area contributed by atoms with Crippen LogP contribution in [0.2, 0.25) is 0 Å². The minimum atomic E-state index is -3.48. The van der Waals surface area contributed by atoms with Crippen molar-refractivity contribution in [3.05, 3.63) is 41.2 Å². The predicted octanol–water partition coefficient (Wildman–Crippen LogP) is 0.0997. The summed E-state index contributed by atoms with van der Waals surface area (Å²) in [5.74, 6) is 0.217. The van der Waals surface area contributed by atoms with Crippen LogP contribution in [-0.2, 0) is 22.3 Å². The van der Waals surface area contributed by atoms with E-state index in [1.807, 2.05) is 25.2 Å². The molecule has 0 aliphatic heterocycles. The number of benzene rings is 1. The van der Waals surface area contributed by atoms with E-state index < -0.39 is 16.1 Å². The van der Waals surface area contributed by atoms with E-state index in [2.05, 4.69) is 30.7 Å². The van der Waals surface area contributed by atoms with Crippen molar-refractivity contribution in [3.8, 4) is 0 Å². The van der Waals surface area contributed by atoms with Crippen molar-refractivity contribution in [1.82, 2.24) is 30.7 Å². The fourth-order valence-electron chi connectivity index (χ4n) is 1.97. The summed E-state index contributed by atoms with van der Waals surface area (Å²) < 4.78 is 26.9. The Morgan fingerprint density at radius 1 is 1.33 bits per heavy atom. The molecule has 0 aliphatic carbocycles. The molecule has 2 aromatic rings. The second kappa shape index (κ2) is 6.74. The quantitative estimate of drug-likeness (QED) is 0.668. The number of tetrazole rings is 1. The molecule has 8 nitrogen and oxygen atoms in total. The largest absolute Gasteiger partial charge is 0.316 e. The molecule has 3 N–H and O–H groups in total. The zero-order chi connectivity index (χ0) is 15.3. The normalized spacial score (nSPS) is 13.2. The van der Waals surface area contributed by atoms with E-state index >= 15 is 0 Å². The van der Waals surface area contributed by atoms with E-state index in [1.165, 1.54) is 0 Å². The molecule has 0 saturated heterocycles. The van der Waals surface area contributed by atoms with Crippen LogP contribution in [0, 0.1) is 0 Å². The third-order valence-electron chi connectivity index (χ3n) is 2.83. The highest BCUT2D eigenvalue weighted by atomic mass is 32.2. The van der Waals surface area contributed by atoms with E-state index in [1.54, 1.807) is 13.0 Å². The number of hydrogen-bond donors (Lipinski definition) is 3. The van der Waals surface area contributed by atoms with Gasteiger partial charge >= 0.3 is 0 Å². The lowest BCUT2D eigenvalue weighted by atomic mass is 10.1. The highest BCUT2D eigenvalue weighted by Crippen LogP contribution is 2.12. The number of sulfonamides is 1. The lowest BCUT2D eigenvalue weighted by Crippen LogP contribution is -2.28. The highest BCUT2D eigenvalue weighted by molar-refractivity contribution is 7.88. The maximum atomic E-state index is 12.2. The van der Waals surface area contributed by atoms with Crippen LogP contribution in [0.25, 0.3) is 0 Å². The summed E-state index contributed by atoms with van der Waals surface area (Å²) in [6.07, 6.45) is 0. The molecule has 1 heterocycles. The number of nitrogens with zero attached hydrogens (tertiary/aromatic N) is 3. The van der Waals surface area contributed by atoms with E-state index in [-0.39, 0.29) is 5.75 Å². The molecule has 1 aromatic heterocycles. The summed E-state index contributed by atoms with van der Waals surface area (Å²) >= 11 is 0. The van der Waals surface area contributed by atoms with Crippen LogP contribution in [0.5, 0.6) is 0 Å². The maximum absolute atomic E-state index is 12.2. The predicted molar refractivity (Wildman–Crippen MR) is 77.6 cm³/mol. The van der Waals surface area contributed by atoms with Crippen molar-refractivity contribution >= 4 is 10.0 Å². The molecule has 0 radical (unpaired) electrons. The first kappa shape index (κ1) is 15.5. The van der Waals surface area contributed by atoms with Crippen molar-refractivity contribution in [2.24, 2.45) is 0 Å². The molecular formula is C12H18N6O2S. The van der Waals surface area contributed by atoms with E-state index in [0.717, 1.165) is 11.1 Å². The lowest BCUT2D eigenvalue weighted by molar-refractivity contribution is 0.559. The molecule has 0 bridgehead atoms. The van der Waals surface area contributed by atoms with Gasteiger partial charge in [-0.05, 0) is 25.1 Å². The van der Waals surface area contributed by atoms with Crippen LogP contribution in [0.1, 0.15) is 29.9 Å². The SMILES string of the molecule is CNCc1cccc(CS(=O)(=O)NC(C)c2nn[nH]n2)c1. The van der Waals surface area contributed by atoms with Gasteiger partial charge in [-0.2, -0.15) is 5.21 Å². The summed E-state index contributed by atoms with van der Waals surface area (Å²) in [4.78, 5) is 0. The number of hydrogen-bond acceptors (Lipinski definition) is 6. The Morgan fingerprint density at radius 3 is 2.76 bits per heavy atom. The minimum Gasteiger partial charge on any atom is -0.316 e. The molecule has 2 rings (SSSR count). The van der Waals surface area contributed by atoms with Gasteiger partial charge in [0.1, 0.15) is 0 Å². The molecule has 0 aliphatic rings. The molecule has 0 spiro atoms. The van der Waals surface area contributed by atoms with Crippen molar-refractivity contribution in [1.29, 1.82) is 0 Å². The summed E-state index contributed by atoms with van der Waals surface area (Å²) in [6.45, 7) is 2.36. The Morgan fingerprint density at radius 2 is 2.10 bits per heavy atom. The third-order valence-corrected chi connectivity index (χ3v) is 4.26. The van der Waals surface area contributed by atoms with Gasteiger partial charge in [-0.1, -0.05) is 29.5 Å². The van der Waals surface area contributed by atoms with Gasteiger partial charge < -0.3 is 5.32 Å². The average molecular weight is 310 g/mol. The van der Waals surface area contributed by atoms with Crippen LogP contribution >= 0.6 is 0 Å². The summed E-state index contributed by atoms with van der Waals surface area (Å²) in [5, 5.41) is 16.3. The van der Waals surface area contributed by atoms with E-state index in [0.29, 0.717) is 12.4 Å². The fraction of sp³-hybridized carbons (Fsp3) is 0.417. The number of H-pyrrole nitrogens is 1. The molecule has 21 heavy (non-hydrogen) atoms. The number of aromatic nitrogens is 4. The Kier molecular flexibility index (Phi) is 4.99. The number of nitrogens with one attached hydrogen (secondary N) is 3. The van der Waals surface area contributed by atoms with Crippen LogP contribution in [0.4, 0.5) is 0 Å². The number of rotatable bonds is 7. The van der Waals surface area contributed by atoms with Gasteiger partial charge in [0.25, 0.3) is 0 Å². The molecule has 0 amide bonds. The minimum absolute atomic E-state index is 0.0905. The molecule has 114 valence electrons. The van der Waals surface area contributed by atoms with Gasteiger partial charge in [0.15, 0.2) is 5.82 Å².